The van der Waals surface area contributed by atoms with Crippen LogP contribution in [0.15, 0.2) is 34.1 Å². The lowest BCUT2D eigenvalue weighted by Crippen LogP contribution is -2.01. The van der Waals surface area contributed by atoms with Crippen LogP contribution in [0.3, 0.4) is 0 Å². The summed E-state index contributed by atoms with van der Waals surface area (Å²) >= 11 is 0. The van der Waals surface area contributed by atoms with E-state index in [1.165, 1.54) is 50.4 Å². The van der Waals surface area contributed by atoms with E-state index < -0.39 is 0 Å². The molecule has 3 rings (SSSR count). The molecule has 1 aliphatic heterocycles. The predicted molar refractivity (Wildman–Crippen MR) is 103 cm³/mol. The predicted octanol–water partition coefficient (Wildman–Crippen LogP) is 6.96. The molecule has 0 bridgehead atoms. The summed E-state index contributed by atoms with van der Waals surface area (Å²) in [5, 5.41) is 0. The highest BCUT2D eigenvalue weighted by Gasteiger charge is 2.20. The Morgan fingerprint density at radius 1 is 0.783 bits per heavy atom. The topological polar surface area (TPSA) is 9.23 Å². The van der Waals surface area contributed by atoms with Gasteiger partial charge in [0.15, 0.2) is 0 Å². The lowest BCUT2D eigenvalue weighted by Gasteiger charge is -2.22. The van der Waals surface area contributed by atoms with E-state index in [2.05, 4.69) is 52.0 Å². The maximum Gasteiger partial charge on any atom is 0.122 e. The number of aryl methyl sites for hydroxylation is 3. The third-order valence-corrected chi connectivity index (χ3v) is 6.84. The Labute approximate surface area is 147 Å². The van der Waals surface area contributed by atoms with E-state index in [-0.39, 0.29) is 0 Å². The molecule has 0 unspecified atom stereocenters. The van der Waals surface area contributed by atoms with E-state index in [1.807, 2.05) is 21.6 Å². The van der Waals surface area contributed by atoms with Crippen molar-refractivity contribution < 1.29 is 4.74 Å². The summed E-state index contributed by atoms with van der Waals surface area (Å²) in [7, 11) is 3.73. The summed E-state index contributed by atoms with van der Waals surface area (Å²) in [6, 6.07) is 9.16. The molecule has 23 heavy (non-hydrogen) atoms. The van der Waals surface area contributed by atoms with Gasteiger partial charge >= 0.3 is 0 Å². The monoisotopic (exact) mass is 344 g/mol. The van der Waals surface area contributed by atoms with Gasteiger partial charge in [-0.3, -0.25) is 0 Å². The van der Waals surface area contributed by atoms with Crippen LogP contribution in [0.4, 0.5) is 0 Å². The number of ether oxygens (including phenoxy) is 1. The highest BCUT2D eigenvalue weighted by Crippen LogP contribution is 2.53. The second-order valence-electron chi connectivity index (χ2n) is 6.27. The van der Waals surface area contributed by atoms with Crippen molar-refractivity contribution in [2.75, 3.05) is 6.61 Å². The minimum absolute atomic E-state index is 0.815. The van der Waals surface area contributed by atoms with Crippen LogP contribution in [0.2, 0.25) is 0 Å². The van der Waals surface area contributed by atoms with Gasteiger partial charge in [-0.2, -0.15) is 0 Å². The van der Waals surface area contributed by atoms with Gasteiger partial charge in [0.2, 0.25) is 0 Å². The molecular formula is C20H24OS2. The molecule has 3 heteroatoms. The average Bonchev–Trinajstić information content (AvgIpc) is 2.53. The molecule has 0 saturated carbocycles. The second kappa shape index (κ2) is 7.23. The third kappa shape index (κ3) is 3.56. The Morgan fingerprint density at radius 3 is 2.09 bits per heavy atom. The zero-order valence-electron chi connectivity index (χ0n) is 14.4. The van der Waals surface area contributed by atoms with E-state index in [4.69, 9.17) is 4.74 Å². The molecule has 1 aliphatic rings. The van der Waals surface area contributed by atoms with Crippen LogP contribution < -0.4 is 4.74 Å². The Bertz CT molecular complexity index is 722. The van der Waals surface area contributed by atoms with Crippen molar-refractivity contribution in [2.45, 2.75) is 56.7 Å². The maximum atomic E-state index is 6.06. The molecular weight excluding hydrogens is 320 g/mol. The van der Waals surface area contributed by atoms with Gasteiger partial charge in [0.05, 0.1) is 6.61 Å². The summed E-state index contributed by atoms with van der Waals surface area (Å²) in [6.07, 6.45) is 3.59. The summed E-state index contributed by atoms with van der Waals surface area (Å²) in [5.74, 6) is 1.04. The molecule has 0 radical (unpaired) electrons. The lowest BCUT2D eigenvalue weighted by atomic mass is 9.99. The van der Waals surface area contributed by atoms with Crippen LogP contribution in [0.25, 0.3) is 11.1 Å². The normalized spacial score (nSPS) is 12.7. The first kappa shape index (κ1) is 16.8. The zero-order chi connectivity index (χ0) is 16.4. The largest absolute Gasteiger partial charge is 0.493 e. The fourth-order valence-corrected chi connectivity index (χ4v) is 5.30. The number of fused-ring (bicyclic) bond motifs is 3. The van der Waals surface area contributed by atoms with E-state index in [9.17, 15) is 0 Å². The number of unbranched alkanes of at least 4 members (excludes halogenated alkanes) is 2. The lowest BCUT2D eigenvalue weighted by molar-refractivity contribution is 0.304. The fourth-order valence-electron chi connectivity index (χ4n) is 2.79. The molecule has 1 nitrogen and oxygen atoms in total. The molecule has 0 N–H and O–H groups in total. The van der Waals surface area contributed by atoms with E-state index in [0.717, 1.165) is 18.8 Å². The Morgan fingerprint density at radius 2 is 1.39 bits per heavy atom. The summed E-state index contributed by atoms with van der Waals surface area (Å²) in [6.45, 7) is 9.57. The van der Waals surface area contributed by atoms with Crippen molar-refractivity contribution in [3.8, 4) is 16.9 Å². The molecule has 1 heterocycles. The standard InChI is InChI=1S/C20H24OS2/c1-5-6-7-8-21-18-12-17-16-9-13(2)14(3)10-19(16)22-23-20(17)11-15(18)4/h9-12H,5-8H2,1-4H3. The van der Waals surface area contributed by atoms with E-state index in [0.29, 0.717) is 0 Å². The summed E-state index contributed by atoms with van der Waals surface area (Å²) in [4.78, 5) is 2.72. The molecule has 0 spiro atoms. The molecule has 0 saturated heterocycles. The summed E-state index contributed by atoms with van der Waals surface area (Å²) < 4.78 is 6.06. The van der Waals surface area contributed by atoms with Gasteiger partial charge in [0.25, 0.3) is 0 Å². The SMILES string of the molecule is CCCCCOc1cc2c(cc1C)SSc1cc(C)c(C)cc1-2. The molecule has 0 fully saturated rings. The van der Waals surface area contributed by atoms with Crippen LogP contribution in [0.5, 0.6) is 5.75 Å². The van der Waals surface area contributed by atoms with Gasteiger partial charge in [-0.15, -0.1) is 0 Å². The first-order valence-electron chi connectivity index (χ1n) is 8.33. The van der Waals surface area contributed by atoms with Gasteiger partial charge in [-0.05, 0) is 73.7 Å². The summed E-state index contributed by atoms with van der Waals surface area (Å²) in [5.41, 5.74) is 6.63. The van der Waals surface area contributed by atoms with Gasteiger partial charge < -0.3 is 4.74 Å². The Balaban J connectivity index is 1.95. The molecule has 0 atom stereocenters. The number of rotatable bonds is 5. The van der Waals surface area contributed by atoms with Crippen LogP contribution in [-0.2, 0) is 0 Å². The van der Waals surface area contributed by atoms with Crippen LogP contribution >= 0.6 is 21.6 Å². The van der Waals surface area contributed by atoms with Crippen molar-refractivity contribution in [1.82, 2.24) is 0 Å². The number of hydrogen-bond acceptors (Lipinski definition) is 3. The maximum absolute atomic E-state index is 6.06. The number of hydrogen-bond donors (Lipinski definition) is 0. The Hall–Kier alpha value is -1.06. The molecule has 0 amide bonds. The van der Waals surface area contributed by atoms with Gasteiger partial charge in [-0.1, -0.05) is 41.4 Å². The van der Waals surface area contributed by atoms with E-state index in [1.54, 1.807) is 0 Å². The molecule has 2 aromatic carbocycles. The smallest absolute Gasteiger partial charge is 0.122 e. The third-order valence-electron chi connectivity index (χ3n) is 4.39. The van der Waals surface area contributed by atoms with Crippen LogP contribution in [0.1, 0.15) is 42.9 Å². The van der Waals surface area contributed by atoms with Crippen LogP contribution in [0, 0.1) is 20.8 Å². The van der Waals surface area contributed by atoms with Crippen molar-refractivity contribution in [2.24, 2.45) is 0 Å². The van der Waals surface area contributed by atoms with Crippen molar-refractivity contribution in [3.05, 3.63) is 41.0 Å². The highest BCUT2D eigenvalue weighted by atomic mass is 33.1. The van der Waals surface area contributed by atoms with Gasteiger partial charge in [0.1, 0.15) is 5.75 Å². The molecule has 2 aromatic rings. The van der Waals surface area contributed by atoms with E-state index >= 15 is 0 Å². The minimum Gasteiger partial charge on any atom is -0.493 e. The number of benzene rings is 2. The fraction of sp³-hybridized carbons (Fsp3) is 0.400. The van der Waals surface area contributed by atoms with Gasteiger partial charge in [0, 0.05) is 15.4 Å². The van der Waals surface area contributed by atoms with Crippen LogP contribution in [-0.4, -0.2) is 6.61 Å². The first-order valence-corrected chi connectivity index (χ1v) is 10.5. The zero-order valence-corrected chi connectivity index (χ0v) is 16.0. The Kier molecular flexibility index (Phi) is 5.27. The second-order valence-corrected chi connectivity index (χ2v) is 8.48. The quantitative estimate of drug-likeness (QED) is 0.428. The highest BCUT2D eigenvalue weighted by molar-refractivity contribution is 8.76. The van der Waals surface area contributed by atoms with Crippen molar-refractivity contribution >= 4 is 21.6 Å². The van der Waals surface area contributed by atoms with Crippen molar-refractivity contribution in [1.29, 1.82) is 0 Å². The van der Waals surface area contributed by atoms with Gasteiger partial charge in [-0.25, -0.2) is 0 Å². The van der Waals surface area contributed by atoms with Crippen molar-refractivity contribution in [3.63, 3.8) is 0 Å². The minimum atomic E-state index is 0.815. The molecule has 0 aliphatic carbocycles. The first-order chi connectivity index (χ1) is 11.1. The average molecular weight is 345 g/mol. The molecule has 122 valence electrons. The molecule has 0 aromatic heterocycles.